The van der Waals surface area contributed by atoms with Crippen molar-refractivity contribution in [2.24, 2.45) is 5.73 Å². The molecule has 72 valence electrons. The topological polar surface area (TPSA) is 61.3 Å². The molecule has 1 aromatic rings. The van der Waals surface area contributed by atoms with Crippen molar-refractivity contribution in [2.75, 3.05) is 13.2 Å². The van der Waals surface area contributed by atoms with Crippen molar-refractivity contribution in [1.29, 1.82) is 0 Å². The number of ether oxygens (including phenoxy) is 1. The van der Waals surface area contributed by atoms with E-state index in [2.05, 4.69) is 4.98 Å². The predicted molar refractivity (Wildman–Crippen MR) is 47.2 cm³/mol. The third kappa shape index (κ3) is 1.73. The molecule has 0 atom stereocenters. The van der Waals surface area contributed by atoms with Gasteiger partial charge in [0, 0.05) is 25.7 Å². The largest absolute Gasteiger partial charge is 0.448 e. The SMILES string of the molecule is NCc1ncoc1C1CCOCC1. The van der Waals surface area contributed by atoms with E-state index in [1.807, 2.05) is 0 Å². The Morgan fingerprint density at radius 2 is 2.23 bits per heavy atom. The average molecular weight is 182 g/mol. The first-order chi connectivity index (χ1) is 6.42. The maximum Gasteiger partial charge on any atom is 0.181 e. The van der Waals surface area contributed by atoms with Crippen molar-refractivity contribution in [3.63, 3.8) is 0 Å². The Kier molecular flexibility index (Phi) is 2.61. The minimum atomic E-state index is 0.454. The molecular formula is C9H14N2O2. The van der Waals surface area contributed by atoms with Crippen molar-refractivity contribution in [3.8, 4) is 0 Å². The minimum Gasteiger partial charge on any atom is -0.448 e. The highest BCUT2D eigenvalue weighted by molar-refractivity contribution is 5.12. The lowest BCUT2D eigenvalue weighted by Gasteiger charge is -2.20. The van der Waals surface area contributed by atoms with Gasteiger partial charge in [-0.05, 0) is 12.8 Å². The summed E-state index contributed by atoms with van der Waals surface area (Å²) in [7, 11) is 0. The number of nitrogens with two attached hydrogens (primary N) is 1. The van der Waals surface area contributed by atoms with Gasteiger partial charge in [-0.25, -0.2) is 4.98 Å². The number of oxazole rings is 1. The van der Waals surface area contributed by atoms with E-state index in [0.29, 0.717) is 12.5 Å². The molecule has 2 rings (SSSR count). The third-order valence-electron chi connectivity index (χ3n) is 2.46. The van der Waals surface area contributed by atoms with Crippen molar-refractivity contribution < 1.29 is 9.15 Å². The van der Waals surface area contributed by atoms with E-state index in [0.717, 1.165) is 37.5 Å². The summed E-state index contributed by atoms with van der Waals surface area (Å²) in [5.41, 5.74) is 6.44. The molecule has 1 saturated heterocycles. The van der Waals surface area contributed by atoms with Crippen molar-refractivity contribution in [3.05, 3.63) is 17.8 Å². The van der Waals surface area contributed by atoms with Crippen LogP contribution in [-0.2, 0) is 11.3 Å². The maximum atomic E-state index is 5.55. The summed E-state index contributed by atoms with van der Waals surface area (Å²) in [5, 5.41) is 0. The number of aromatic nitrogens is 1. The van der Waals surface area contributed by atoms with E-state index in [9.17, 15) is 0 Å². The smallest absolute Gasteiger partial charge is 0.181 e. The first kappa shape index (κ1) is 8.72. The van der Waals surface area contributed by atoms with Crippen LogP contribution in [0, 0.1) is 0 Å². The lowest BCUT2D eigenvalue weighted by molar-refractivity contribution is 0.0804. The molecule has 13 heavy (non-hydrogen) atoms. The van der Waals surface area contributed by atoms with Gasteiger partial charge >= 0.3 is 0 Å². The highest BCUT2D eigenvalue weighted by Crippen LogP contribution is 2.28. The van der Waals surface area contributed by atoms with Crippen LogP contribution in [0.2, 0.25) is 0 Å². The van der Waals surface area contributed by atoms with Crippen LogP contribution in [-0.4, -0.2) is 18.2 Å². The van der Waals surface area contributed by atoms with Gasteiger partial charge in [-0.1, -0.05) is 0 Å². The Balaban J connectivity index is 2.13. The van der Waals surface area contributed by atoms with Crippen LogP contribution >= 0.6 is 0 Å². The third-order valence-corrected chi connectivity index (χ3v) is 2.46. The molecule has 2 heterocycles. The van der Waals surface area contributed by atoms with E-state index in [1.165, 1.54) is 6.39 Å². The van der Waals surface area contributed by atoms with Gasteiger partial charge in [-0.2, -0.15) is 0 Å². The van der Waals surface area contributed by atoms with Gasteiger partial charge in [0.1, 0.15) is 5.76 Å². The lowest BCUT2D eigenvalue weighted by atomic mass is 9.96. The molecule has 4 heteroatoms. The molecule has 0 aromatic carbocycles. The van der Waals surface area contributed by atoms with Crippen molar-refractivity contribution >= 4 is 0 Å². The van der Waals surface area contributed by atoms with E-state index in [1.54, 1.807) is 0 Å². The van der Waals surface area contributed by atoms with Crippen LogP contribution in [0.4, 0.5) is 0 Å². The van der Waals surface area contributed by atoms with E-state index < -0.39 is 0 Å². The molecule has 0 amide bonds. The normalized spacial score (nSPS) is 19.2. The molecule has 0 saturated carbocycles. The fourth-order valence-electron chi connectivity index (χ4n) is 1.72. The van der Waals surface area contributed by atoms with Gasteiger partial charge in [0.15, 0.2) is 6.39 Å². The van der Waals surface area contributed by atoms with E-state index in [4.69, 9.17) is 14.9 Å². The molecule has 4 nitrogen and oxygen atoms in total. The van der Waals surface area contributed by atoms with Gasteiger partial charge in [-0.3, -0.25) is 0 Å². The van der Waals surface area contributed by atoms with Gasteiger partial charge < -0.3 is 14.9 Å². The Morgan fingerprint density at radius 3 is 2.92 bits per heavy atom. The van der Waals surface area contributed by atoms with Crippen molar-refractivity contribution in [1.82, 2.24) is 4.98 Å². The molecule has 1 fully saturated rings. The highest BCUT2D eigenvalue weighted by atomic mass is 16.5. The van der Waals surface area contributed by atoms with E-state index >= 15 is 0 Å². The second kappa shape index (κ2) is 3.89. The number of rotatable bonds is 2. The number of hydrogen-bond donors (Lipinski definition) is 1. The lowest BCUT2D eigenvalue weighted by Crippen LogP contribution is -2.15. The second-order valence-electron chi connectivity index (χ2n) is 3.25. The first-order valence-corrected chi connectivity index (χ1v) is 4.62. The monoisotopic (exact) mass is 182 g/mol. The molecule has 1 aromatic heterocycles. The standard InChI is InChI=1S/C9H14N2O2/c10-5-8-9(13-6-11-8)7-1-3-12-4-2-7/h6-7H,1-5,10H2. The van der Waals surface area contributed by atoms with Crippen LogP contribution in [0.3, 0.4) is 0 Å². The number of hydrogen-bond acceptors (Lipinski definition) is 4. The Morgan fingerprint density at radius 1 is 1.46 bits per heavy atom. The quantitative estimate of drug-likeness (QED) is 0.742. The fraction of sp³-hybridized carbons (Fsp3) is 0.667. The zero-order valence-corrected chi connectivity index (χ0v) is 7.53. The minimum absolute atomic E-state index is 0.454. The predicted octanol–water partition coefficient (Wildman–Crippen LogP) is 1.03. The number of nitrogens with zero attached hydrogens (tertiary/aromatic N) is 1. The van der Waals surface area contributed by atoms with Gasteiger partial charge in [0.25, 0.3) is 0 Å². The van der Waals surface area contributed by atoms with Gasteiger partial charge in [-0.15, -0.1) is 0 Å². The first-order valence-electron chi connectivity index (χ1n) is 4.62. The Bertz CT molecular complexity index is 266. The van der Waals surface area contributed by atoms with E-state index in [-0.39, 0.29) is 0 Å². The summed E-state index contributed by atoms with van der Waals surface area (Å²) in [5.74, 6) is 1.42. The van der Waals surface area contributed by atoms with Crippen LogP contribution in [0.1, 0.15) is 30.2 Å². The fourth-order valence-corrected chi connectivity index (χ4v) is 1.72. The summed E-state index contributed by atoms with van der Waals surface area (Å²) < 4.78 is 10.6. The van der Waals surface area contributed by atoms with Crippen LogP contribution in [0.15, 0.2) is 10.8 Å². The zero-order chi connectivity index (χ0) is 9.10. The average Bonchev–Trinajstić information content (AvgIpc) is 2.67. The summed E-state index contributed by atoms with van der Waals surface area (Å²) in [6.45, 7) is 2.09. The molecule has 0 radical (unpaired) electrons. The summed E-state index contributed by atoms with van der Waals surface area (Å²) in [4.78, 5) is 4.08. The van der Waals surface area contributed by atoms with Crippen LogP contribution < -0.4 is 5.73 Å². The maximum absolute atomic E-state index is 5.55. The highest BCUT2D eigenvalue weighted by Gasteiger charge is 2.21. The van der Waals surface area contributed by atoms with Crippen LogP contribution in [0.5, 0.6) is 0 Å². The summed E-state index contributed by atoms with van der Waals surface area (Å²) >= 11 is 0. The molecule has 0 spiro atoms. The van der Waals surface area contributed by atoms with Crippen molar-refractivity contribution in [2.45, 2.75) is 25.3 Å². The van der Waals surface area contributed by atoms with Crippen LogP contribution in [0.25, 0.3) is 0 Å². The molecule has 1 aliphatic heterocycles. The molecule has 2 N–H and O–H groups in total. The summed E-state index contributed by atoms with van der Waals surface area (Å²) in [6, 6.07) is 0. The molecule has 0 aliphatic carbocycles. The Labute approximate surface area is 77.1 Å². The van der Waals surface area contributed by atoms with Gasteiger partial charge in [0.2, 0.25) is 0 Å². The molecule has 1 aliphatic rings. The zero-order valence-electron chi connectivity index (χ0n) is 7.53. The second-order valence-corrected chi connectivity index (χ2v) is 3.25. The Hall–Kier alpha value is -0.870. The van der Waals surface area contributed by atoms with Gasteiger partial charge in [0.05, 0.1) is 5.69 Å². The molecule has 0 unspecified atom stereocenters. The molecular weight excluding hydrogens is 168 g/mol. The summed E-state index contributed by atoms with van der Waals surface area (Å²) in [6.07, 6.45) is 3.51. The molecule has 0 bridgehead atoms.